The maximum atomic E-state index is 11.2. The van der Waals surface area contributed by atoms with E-state index in [-0.39, 0.29) is 18.3 Å². The van der Waals surface area contributed by atoms with Crippen molar-refractivity contribution in [3.63, 3.8) is 0 Å². The number of carbonyl (C=O) groups is 1. The van der Waals surface area contributed by atoms with Gasteiger partial charge in [0.25, 0.3) is 11.7 Å². The summed E-state index contributed by atoms with van der Waals surface area (Å²) < 4.78 is 14.5. The van der Waals surface area contributed by atoms with Crippen LogP contribution in [0, 0.1) is 6.92 Å². The van der Waals surface area contributed by atoms with Crippen molar-refractivity contribution in [2.75, 3.05) is 6.61 Å². The molecule has 0 saturated heterocycles. The van der Waals surface area contributed by atoms with Gasteiger partial charge in [-0.2, -0.15) is 4.98 Å². The van der Waals surface area contributed by atoms with Gasteiger partial charge in [0, 0.05) is 6.07 Å². The average Bonchev–Trinajstić information content (AvgIpc) is 2.85. The molecular formula is C9H9N3O4. The first-order valence-electron chi connectivity index (χ1n) is 4.65. The van der Waals surface area contributed by atoms with Crippen LogP contribution in [0.2, 0.25) is 0 Å². The van der Waals surface area contributed by atoms with Crippen molar-refractivity contribution in [1.82, 2.24) is 15.3 Å². The van der Waals surface area contributed by atoms with E-state index in [1.165, 1.54) is 0 Å². The number of esters is 1. The van der Waals surface area contributed by atoms with Crippen molar-refractivity contribution in [3.8, 4) is 11.7 Å². The van der Waals surface area contributed by atoms with Gasteiger partial charge < -0.3 is 13.8 Å². The zero-order chi connectivity index (χ0) is 11.5. The third-order valence-corrected chi connectivity index (χ3v) is 1.72. The van der Waals surface area contributed by atoms with E-state index in [4.69, 9.17) is 13.8 Å². The maximum absolute atomic E-state index is 11.2. The van der Waals surface area contributed by atoms with Crippen molar-refractivity contribution in [2.24, 2.45) is 0 Å². The molecule has 0 fully saturated rings. The number of nitrogens with zero attached hydrogens (tertiary/aromatic N) is 3. The number of hydrogen-bond acceptors (Lipinski definition) is 7. The molecule has 84 valence electrons. The van der Waals surface area contributed by atoms with Gasteiger partial charge in [-0.05, 0) is 19.0 Å². The Morgan fingerprint density at radius 1 is 1.44 bits per heavy atom. The van der Waals surface area contributed by atoms with Gasteiger partial charge in [-0.1, -0.05) is 5.16 Å². The summed E-state index contributed by atoms with van der Waals surface area (Å²) >= 11 is 0. The smallest absolute Gasteiger partial charge is 0.379 e. The molecule has 0 spiro atoms. The molecule has 0 aromatic carbocycles. The summed E-state index contributed by atoms with van der Waals surface area (Å²) in [5, 5.41) is 7.14. The lowest BCUT2D eigenvalue weighted by molar-refractivity contribution is 0.0508. The van der Waals surface area contributed by atoms with E-state index >= 15 is 0 Å². The highest BCUT2D eigenvalue weighted by Gasteiger charge is 2.18. The first-order chi connectivity index (χ1) is 7.70. The molecule has 0 aliphatic rings. The quantitative estimate of drug-likeness (QED) is 0.722. The van der Waals surface area contributed by atoms with E-state index in [1.54, 1.807) is 19.9 Å². The van der Waals surface area contributed by atoms with Crippen LogP contribution in [0.1, 0.15) is 23.2 Å². The summed E-state index contributed by atoms with van der Waals surface area (Å²) in [5.74, 6) is -0.344. The molecule has 0 amide bonds. The Hall–Kier alpha value is -2.18. The summed E-state index contributed by atoms with van der Waals surface area (Å²) in [5.41, 5.74) is 0.686. The topological polar surface area (TPSA) is 91.2 Å². The van der Waals surface area contributed by atoms with Crippen molar-refractivity contribution in [2.45, 2.75) is 13.8 Å². The van der Waals surface area contributed by atoms with Crippen molar-refractivity contribution < 1.29 is 18.6 Å². The number of carbonyl (C=O) groups excluding carboxylic acids is 1. The standard InChI is InChI=1S/C9H9N3O4/c1-3-14-9(13)7-10-8(16-12-7)6-4-5(2)11-15-6/h4H,3H2,1-2H3. The fraction of sp³-hybridized carbons (Fsp3) is 0.333. The molecule has 0 aliphatic heterocycles. The van der Waals surface area contributed by atoms with Crippen molar-refractivity contribution in [3.05, 3.63) is 17.6 Å². The normalized spacial score (nSPS) is 10.4. The highest BCUT2D eigenvalue weighted by molar-refractivity contribution is 5.85. The van der Waals surface area contributed by atoms with Gasteiger partial charge >= 0.3 is 5.97 Å². The molecule has 7 heteroatoms. The van der Waals surface area contributed by atoms with Gasteiger partial charge in [0.05, 0.1) is 12.3 Å². The molecule has 0 bridgehead atoms. The minimum atomic E-state index is -0.631. The Kier molecular flexibility index (Phi) is 2.67. The molecule has 16 heavy (non-hydrogen) atoms. The Morgan fingerprint density at radius 3 is 2.88 bits per heavy atom. The van der Waals surface area contributed by atoms with E-state index in [2.05, 4.69) is 15.3 Å². The molecule has 2 heterocycles. The maximum Gasteiger partial charge on any atom is 0.379 e. The number of aryl methyl sites for hydroxylation is 1. The third-order valence-electron chi connectivity index (χ3n) is 1.72. The number of ether oxygens (including phenoxy) is 1. The Bertz CT molecular complexity index is 502. The molecule has 0 N–H and O–H groups in total. The third kappa shape index (κ3) is 1.92. The van der Waals surface area contributed by atoms with Gasteiger partial charge in [0.1, 0.15) is 0 Å². The highest BCUT2D eigenvalue weighted by atomic mass is 16.5. The lowest BCUT2D eigenvalue weighted by atomic mass is 10.4. The van der Waals surface area contributed by atoms with Crippen LogP contribution in [0.4, 0.5) is 0 Å². The molecular weight excluding hydrogens is 214 g/mol. The Balaban J connectivity index is 2.22. The van der Waals surface area contributed by atoms with Gasteiger partial charge in [-0.25, -0.2) is 4.79 Å². The minimum Gasteiger partial charge on any atom is -0.460 e. The molecule has 0 saturated carbocycles. The van der Waals surface area contributed by atoms with Gasteiger partial charge in [-0.15, -0.1) is 0 Å². The van der Waals surface area contributed by atoms with Gasteiger partial charge in [0.15, 0.2) is 0 Å². The number of hydrogen-bond donors (Lipinski definition) is 0. The molecule has 0 radical (unpaired) electrons. The molecule has 2 aromatic rings. The van der Waals surface area contributed by atoms with Gasteiger partial charge in [-0.3, -0.25) is 0 Å². The largest absolute Gasteiger partial charge is 0.460 e. The van der Waals surface area contributed by atoms with E-state index in [0.29, 0.717) is 11.5 Å². The summed E-state index contributed by atoms with van der Waals surface area (Å²) in [6.45, 7) is 3.71. The van der Waals surface area contributed by atoms with Crippen molar-refractivity contribution >= 4 is 5.97 Å². The van der Waals surface area contributed by atoms with E-state index in [9.17, 15) is 4.79 Å². The predicted molar refractivity (Wildman–Crippen MR) is 50.5 cm³/mol. The van der Waals surface area contributed by atoms with Crippen LogP contribution >= 0.6 is 0 Å². The summed E-state index contributed by atoms with van der Waals surface area (Å²) in [4.78, 5) is 15.1. The molecule has 0 atom stereocenters. The second-order valence-electron chi connectivity index (χ2n) is 2.98. The molecule has 7 nitrogen and oxygen atoms in total. The van der Waals surface area contributed by atoms with E-state index < -0.39 is 5.97 Å². The monoisotopic (exact) mass is 223 g/mol. The predicted octanol–water partition coefficient (Wildman–Crippen LogP) is 1.21. The molecule has 0 unspecified atom stereocenters. The van der Waals surface area contributed by atoms with Crippen LogP contribution in [0.3, 0.4) is 0 Å². The number of aromatic nitrogens is 3. The second-order valence-corrected chi connectivity index (χ2v) is 2.98. The molecule has 2 aromatic heterocycles. The lowest BCUT2D eigenvalue weighted by Gasteiger charge is -1.93. The fourth-order valence-corrected chi connectivity index (χ4v) is 1.07. The Morgan fingerprint density at radius 2 is 2.25 bits per heavy atom. The summed E-state index contributed by atoms with van der Waals surface area (Å²) in [7, 11) is 0. The first-order valence-corrected chi connectivity index (χ1v) is 4.65. The minimum absolute atomic E-state index is 0.101. The Labute approximate surface area is 90.4 Å². The van der Waals surface area contributed by atoms with Crippen LogP contribution in [-0.2, 0) is 4.74 Å². The SMILES string of the molecule is CCOC(=O)c1noc(-c2cc(C)no2)n1. The molecule has 0 aliphatic carbocycles. The lowest BCUT2D eigenvalue weighted by Crippen LogP contribution is -2.06. The zero-order valence-electron chi connectivity index (χ0n) is 8.76. The first kappa shape index (κ1) is 10.3. The van der Waals surface area contributed by atoms with Crippen LogP contribution < -0.4 is 0 Å². The second kappa shape index (κ2) is 4.13. The summed E-state index contributed by atoms with van der Waals surface area (Å²) in [6, 6.07) is 1.63. The van der Waals surface area contributed by atoms with Crippen LogP contribution in [0.25, 0.3) is 11.7 Å². The van der Waals surface area contributed by atoms with Crippen LogP contribution in [0.5, 0.6) is 0 Å². The highest BCUT2D eigenvalue weighted by Crippen LogP contribution is 2.17. The van der Waals surface area contributed by atoms with E-state index in [1.807, 2.05) is 0 Å². The average molecular weight is 223 g/mol. The van der Waals surface area contributed by atoms with E-state index in [0.717, 1.165) is 0 Å². The van der Waals surface area contributed by atoms with Crippen molar-refractivity contribution in [1.29, 1.82) is 0 Å². The van der Waals surface area contributed by atoms with Gasteiger partial charge in [0.2, 0.25) is 5.76 Å². The molecule has 2 rings (SSSR count). The van der Waals surface area contributed by atoms with Crippen LogP contribution in [0.15, 0.2) is 15.1 Å². The fourth-order valence-electron chi connectivity index (χ4n) is 1.07. The summed E-state index contributed by atoms with van der Waals surface area (Å²) in [6.07, 6.45) is 0. The number of rotatable bonds is 3. The van der Waals surface area contributed by atoms with Crippen LogP contribution in [-0.4, -0.2) is 27.9 Å². The zero-order valence-corrected chi connectivity index (χ0v) is 8.76.